The number of hydrogen-bond donors (Lipinski definition) is 2. The van der Waals surface area contributed by atoms with Gasteiger partial charge in [0.15, 0.2) is 0 Å². The number of nitrogens with one attached hydrogen (secondary N) is 1. The SMILES string of the molecule is COC(=O)NC1CCN(C(=O)c2cc(N)ccc2OC)C1. The topological polar surface area (TPSA) is 93.9 Å². The van der Waals surface area contributed by atoms with Crippen molar-refractivity contribution in [1.82, 2.24) is 10.2 Å². The van der Waals surface area contributed by atoms with Crippen LogP contribution in [0.3, 0.4) is 0 Å². The fourth-order valence-corrected chi connectivity index (χ4v) is 2.35. The Hall–Kier alpha value is -2.44. The van der Waals surface area contributed by atoms with Gasteiger partial charge in [0.05, 0.1) is 25.8 Å². The van der Waals surface area contributed by atoms with Crippen LogP contribution in [0.2, 0.25) is 0 Å². The van der Waals surface area contributed by atoms with Crippen molar-refractivity contribution in [2.24, 2.45) is 0 Å². The molecule has 1 saturated heterocycles. The molecule has 2 amide bonds. The monoisotopic (exact) mass is 293 g/mol. The van der Waals surface area contributed by atoms with Crippen molar-refractivity contribution >= 4 is 17.7 Å². The molecule has 0 aromatic heterocycles. The van der Waals surface area contributed by atoms with Crippen LogP contribution in [0, 0.1) is 0 Å². The van der Waals surface area contributed by atoms with Crippen LogP contribution in [0.4, 0.5) is 10.5 Å². The molecule has 2 rings (SSSR count). The van der Waals surface area contributed by atoms with E-state index in [0.29, 0.717) is 36.5 Å². The summed E-state index contributed by atoms with van der Waals surface area (Å²) in [7, 11) is 2.82. The third kappa shape index (κ3) is 3.36. The Bertz CT molecular complexity index is 547. The Morgan fingerprint density at radius 3 is 2.81 bits per heavy atom. The van der Waals surface area contributed by atoms with E-state index in [0.717, 1.165) is 0 Å². The molecule has 1 unspecified atom stereocenters. The van der Waals surface area contributed by atoms with E-state index in [2.05, 4.69) is 10.1 Å². The van der Waals surface area contributed by atoms with Gasteiger partial charge in [-0.2, -0.15) is 0 Å². The third-order valence-corrected chi connectivity index (χ3v) is 3.44. The molecule has 1 fully saturated rings. The number of rotatable bonds is 3. The Balaban J connectivity index is 2.08. The highest BCUT2D eigenvalue weighted by Crippen LogP contribution is 2.24. The molecule has 1 aliphatic heterocycles. The van der Waals surface area contributed by atoms with Crippen LogP contribution in [0.1, 0.15) is 16.8 Å². The number of anilines is 1. The maximum atomic E-state index is 12.5. The molecule has 0 saturated carbocycles. The van der Waals surface area contributed by atoms with E-state index in [1.54, 1.807) is 23.1 Å². The third-order valence-electron chi connectivity index (χ3n) is 3.44. The van der Waals surface area contributed by atoms with Crippen molar-refractivity contribution in [3.8, 4) is 5.75 Å². The largest absolute Gasteiger partial charge is 0.496 e. The number of methoxy groups -OCH3 is 2. The van der Waals surface area contributed by atoms with Crippen LogP contribution < -0.4 is 15.8 Å². The van der Waals surface area contributed by atoms with Crippen molar-refractivity contribution < 1.29 is 19.1 Å². The minimum absolute atomic E-state index is 0.103. The second-order valence-corrected chi connectivity index (χ2v) is 4.83. The number of alkyl carbamates (subject to hydrolysis) is 1. The van der Waals surface area contributed by atoms with Crippen molar-refractivity contribution in [2.75, 3.05) is 33.0 Å². The summed E-state index contributed by atoms with van der Waals surface area (Å²) in [6.07, 6.45) is 0.196. The van der Waals surface area contributed by atoms with E-state index in [9.17, 15) is 9.59 Å². The summed E-state index contributed by atoms with van der Waals surface area (Å²) in [6.45, 7) is 0.997. The maximum absolute atomic E-state index is 12.5. The van der Waals surface area contributed by atoms with E-state index in [1.165, 1.54) is 14.2 Å². The predicted molar refractivity (Wildman–Crippen MR) is 77.3 cm³/mol. The molecular weight excluding hydrogens is 274 g/mol. The van der Waals surface area contributed by atoms with E-state index in [1.807, 2.05) is 0 Å². The fourth-order valence-electron chi connectivity index (χ4n) is 2.35. The van der Waals surface area contributed by atoms with Crippen LogP contribution in [-0.4, -0.2) is 50.3 Å². The van der Waals surface area contributed by atoms with Gasteiger partial charge in [-0.15, -0.1) is 0 Å². The highest BCUT2D eigenvalue weighted by Gasteiger charge is 2.29. The maximum Gasteiger partial charge on any atom is 0.407 e. The van der Waals surface area contributed by atoms with E-state index in [-0.39, 0.29) is 11.9 Å². The lowest BCUT2D eigenvalue weighted by molar-refractivity contribution is 0.0784. The highest BCUT2D eigenvalue weighted by atomic mass is 16.5. The van der Waals surface area contributed by atoms with Gasteiger partial charge in [-0.3, -0.25) is 4.79 Å². The van der Waals surface area contributed by atoms with Crippen molar-refractivity contribution in [1.29, 1.82) is 0 Å². The lowest BCUT2D eigenvalue weighted by Gasteiger charge is -2.18. The Morgan fingerprint density at radius 1 is 1.38 bits per heavy atom. The first-order chi connectivity index (χ1) is 10.0. The normalized spacial score (nSPS) is 17.4. The first-order valence-corrected chi connectivity index (χ1v) is 6.62. The summed E-state index contributed by atoms with van der Waals surface area (Å²) in [5, 5.41) is 2.69. The van der Waals surface area contributed by atoms with Gasteiger partial charge in [-0.25, -0.2) is 4.79 Å². The molecule has 21 heavy (non-hydrogen) atoms. The highest BCUT2D eigenvalue weighted by molar-refractivity contribution is 5.98. The van der Waals surface area contributed by atoms with Gasteiger partial charge in [-0.1, -0.05) is 0 Å². The number of carbonyl (C=O) groups is 2. The molecule has 114 valence electrons. The number of nitrogens with two attached hydrogens (primary N) is 1. The standard InChI is InChI=1S/C14H19N3O4/c1-20-12-4-3-9(15)7-11(12)13(18)17-6-5-10(8-17)16-14(19)21-2/h3-4,7,10H,5-6,8,15H2,1-2H3,(H,16,19). The summed E-state index contributed by atoms with van der Waals surface area (Å²) in [5.74, 6) is 0.326. The molecule has 0 spiro atoms. The second kappa shape index (κ2) is 6.34. The molecule has 1 atom stereocenters. The number of amides is 2. The molecule has 3 N–H and O–H groups in total. The molecule has 1 aromatic carbocycles. The number of ether oxygens (including phenoxy) is 2. The lowest BCUT2D eigenvalue weighted by Crippen LogP contribution is -2.38. The first-order valence-electron chi connectivity index (χ1n) is 6.62. The minimum Gasteiger partial charge on any atom is -0.496 e. The Kier molecular flexibility index (Phi) is 4.52. The zero-order chi connectivity index (χ0) is 15.4. The quantitative estimate of drug-likeness (QED) is 0.806. The van der Waals surface area contributed by atoms with Crippen molar-refractivity contribution in [3.05, 3.63) is 23.8 Å². The molecule has 1 heterocycles. The fraction of sp³-hybridized carbons (Fsp3) is 0.429. The number of likely N-dealkylation sites (tertiary alicyclic amines) is 1. The van der Waals surface area contributed by atoms with Crippen LogP contribution in [0.5, 0.6) is 5.75 Å². The van der Waals surface area contributed by atoms with E-state index >= 15 is 0 Å². The van der Waals surface area contributed by atoms with Gasteiger partial charge in [0.2, 0.25) is 0 Å². The number of nitrogens with zero attached hydrogens (tertiary/aromatic N) is 1. The van der Waals surface area contributed by atoms with Gasteiger partial charge in [0.1, 0.15) is 5.75 Å². The molecule has 0 aliphatic carbocycles. The summed E-state index contributed by atoms with van der Waals surface area (Å²) < 4.78 is 9.75. The lowest BCUT2D eigenvalue weighted by atomic mass is 10.1. The van der Waals surface area contributed by atoms with Crippen molar-refractivity contribution in [2.45, 2.75) is 12.5 Å². The number of hydrogen-bond acceptors (Lipinski definition) is 5. The molecule has 1 aliphatic rings. The first kappa shape index (κ1) is 15.0. The predicted octanol–water partition coefficient (Wildman–Crippen LogP) is 0.848. The molecule has 0 bridgehead atoms. The summed E-state index contributed by atoms with van der Waals surface area (Å²) in [5.41, 5.74) is 6.66. The zero-order valence-electron chi connectivity index (χ0n) is 12.1. The second-order valence-electron chi connectivity index (χ2n) is 4.83. The number of carbonyl (C=O) groups excluding carboxylic acids is 2. The number of benzene rings is 1. The van der Waals surface area contributed by atoms with Crippen LogP contribution in [0.15, 0.2) is 18.2 Å². The van der Waals surface area contributed by atoms with Gasteiger partial charge < -0.3 is 25.4 Å². The van der Waals surface area contributed by atoms with Gasteiger partial charge in [-0.05, 0) is 24.6 Å². The van der Waals surface area contributed by atoms with Gasteiger partial charge in [0.25, 0.3) is 5.91 Å². The molecule has 1 aromatic rings. The zero-order valence-corrected chi connectivity index (χ0v) is 12.1. The Labute approximate surface area is 123 Å². The average Bonchev–Trinajstić information content (AvgIpc) is 2.94. The van der Waals surface area contributed by atoms with Crippen LogP contribution in [0.25, 0.3) is 0 Å². The van der Waals surface area contributed by atoms with Crippen LogP contribution >= 0.6 is 0 Å². The molecular formula is C14H19N3O4. The molecule has 7 heteroatoms. The Morgan fingerprint density at radius 2 is 2.14 bits per heavy atom. The number of nitrogen functional groups attached to an aromatic ring is 1. The average molecular weight is 293 g/mol. The minimum atomic E-state index is -0.490. The molecule has 0 radical (unpaired) electrons. The van der Waals surface area contributed by atoms with Gasteiger partial charge >= 0.3 is 6.09 Å². The summed E-state index contributed by atoms with van der Waals surface area (Å²) in [4.78, 5) is 25.4. The molecule has 7 nitrogen and oxygen atoms in total. The summed E-state index contributed by atoms with van der Waals surface area (Å²) in [6, 6.07) is 4.85. The van der Waals surface area contributed by atoms with Crippen LogP contribution in [-0.2, 0) is 4.74 Å². The van der Waals surface area contributed by atoms with Gasteiger partial charge in [0, 0.05) is 18.8 Å². The van der Waals surface area contributed by atoms with E-state index < -0.39 is 6.09 Å². The smallest absolute Gasteiger partial charge is 0.407 e. The summed E-state index contributed by atoms with van der Waals surface area (Å²) >= 11 is 0. The van der Waals surface area contributed by atoms with Crippen molar-refractivity contribution in [3.63, 3.8) is 0 Å². The van der Waals surface area contributed by atoms with E-state index in [4.69, 9.17) is 10.5 Å².